The number of aromatic nitrogens is 2. The Bertz CT molecular complexity index is 520. The van der Waals surface area contributed by atoms with E-state index >= 15 is 0 Å². The molecule has 0 aliphatic carbocycles. The normalized spacial score (nSPS) is 11.8. The van der Waals surface area contributed by atoms with E-state index in [9.17, 15) is 13.2 Å². The van der Waals surface area contributed by atoms with Crippen LogP contribution >= 0.6 is 23.1 Å². The molecule has 0 bridgehead atoms. The summed E-state index contributed by atoms with van der Waals surface area (Å²) in [4.78, 5) is 8.06. The molecule has 7 heteroatoms. The van der Waals surface area contributed by atoms with Crippen molar-refractivity contribution in [1.82, 2.24) is 9.97 Å². The molecule has 0 saturated heterocycles. The van der Waals surface area contributed by atoms with Gasteiger partial charge in [0.25, 0.3) is 0 Å². The van der Waals surface area contributed by atoms with Gasteiger partial charge in [-0.25, -0.2) is 9.97 Å². The van der Waals surface area contributed by atoms with Crippen LogP contribution < -0.4 is 0 Å². The van der Waals surface area contributed by atoms with Gasteiger partial charge in [-0.15, -0.1) is 23.1 Å². The number of aryl methyl sites for hydroxylation is 1. The first-order valence-electron chi connectivity index (χ1n) is 5.02. The highest BCUT2D eigenvalue weighted by Gasteiger charge is 2.30. The van der Waals surface area contributed by atoms with E-state index in [0.29, 0.717) is 10.8 Å². The van der Waals surface area contributed by atoms with Crippen LogP contribution in [0, 0.1) is 6.92 Å². The molecule has 0 amide bonds. The van der Waals surface area contributed by atoms with Gasteiger partial charge in [0.2, 0.25) is 0 Å². The Hall–Kier alpha value is -1.08. The van der Waals surface area contributed by atoms with E-state index < -0.39 is 11.7 Å². The number of alkyl halides is 3. The van der Waals surface area contributed by atoms with E-state index in [-0.39, 0.29) is 0 Å². The minimum atomic E-state index is -4.33. The number of rotatable bonds is 3. The highest BCUT2D eigenvalue weighted by atomic mass is 32.2. The van der Waals surface area contributed by atoms with Crippen molar-refractivity contribution < 1.29 is 13.2 Å². The minimum Gasteiger partial charge on any atom is -0.249 e. The lowest BCUT2D eigenvalue weighted by atomic mass is 10.3. The van der Waals surface area contributed by atoms with E-state index in [4.69, 9.17) is 0 Å². The molecule has 0 saturated carbocycles. The molecular weight excluding hydrogens is 281 g/mol. The van der Waals surface area contributed by atoms with Crippen LogP contribution in [0.5, 0.6) is 0 Å². The minimum absolute atomic E-state index is 0.564. The molecule has 0 unspecified atom stereocenters. The average molecular weight is 290 g/mol. The maximum atomic E-state index is 12.3. The van der Waals surface area contributed by atoms with Crippen LogP contribution in [0.4, 0.5) is 13.2 Å². The van der Waals surface area contributed by atoms with Gasteiger partial charge < -0.3 is 0 Å². The fraction of sp³-hybridized carbons (Fsp3) is 0.273. The van der Waals surface area contributed by atoms with Crippen LogP contribution in [0.25, 0.3) is 0 Å². The predicted octanol–water partition coefficient (Wildman–Crippen LogP) is 4.16. The standard InChI is InChI=1S/C11H9F3N2S2/c1-7-16-9(5-17-7)6-18-10-3-2-8(4-15-10)11(12,13)14/h2-5H,6H2,1H3. The molecular formula is C11H9F3N2S2. The van der Waals surface area contributed by atoms with Crippen LogP contribution in [-0.2, 0) is 11.9 Å². The molecule has 0 N–H and O–H groups in total. The monoisotopic (exact) mass is 290 g/mol. The third kappa shape index (κ3) is 3.46. The molecule has 0 fully saturated rings. The Morgan fingerprint density at radius 3 is 2.61 bits per heavy atom. The number of nitrogens with zero attached hydrogens (tertiary/aromatic N) is 2. The summed E-state index contributed by atoms with van der Waals surface area (Å²) in [6, 6.07) is 2.42. The van der Waals surface area contributed by atoms with Gasteiger partial charge in [-0.2, -0.15) is 13.2 Å². The molecule has 96 valence electrons. The Morgan fingerprint density at radius 1 is 1.33 bits per heavy atom. The van der Waals surface area contributed by atoms with Gasteiger partial charge in [0.05, 0.1) is 21.3 Å². The Morgan fingerprint density at radius 2 is 2.11 bits per heavy atom. The number of thiazole rings is 1. The maximum absolute atomic E-state index is 12.3. The zero-order valence-corrected chi connectivity index (χ0v) is 11.0. The Balaban J connectivity index is 1.98. The number of thioether (sulfide) groups is 1. The molecule has 0 spiro atoms. The van der Waals surface area contributed by atoms with Crippen LogP contribution in [-0.4, -0.2) is 9.97 Å². The molecule has 0 aliphatic rings. The van der Waals surface area contributed by atoms with Crippen molar-refractivity contribution in [3.63, 3.8) is 0 Å². The zero-order valence-electron chi connectivity index (χ0n) is 9.36. The summed E-state index contributed by atoms with van der Waals surface area (Å²) in [6.45, 7) is 1.91. The molecule has 2 nitrogen and oxygen atoms in total. The summed E-state index contributed by atoms with van der Waals surface area (Å²) in [5.41, 5.74) is 0.195. The fourth-order valence-corrected chi connectivity index (χ4v) is 2.71. The summed E-state index contributed by atoms with van der Waals surface area (Å²) in [5.74, 6) is 0.614. The lowest BCUT2D eigenvalue weighted by molar-refractivity contribution is -0.137. The van der Waals surface area contributed by atoms with Gasteiger partial charge in [0.1, 0.15) is 0 Å². The van der Waals surface area contributed by atoms with Gasteiger partial charge in [-0.05, 0) is 19.1 Å². The molecule has 18 heavy (non-hydrogen) atoms. The first-order valence-corrected chi connectivity index (χ1v) is 6.89. The third-order valence-electron chi connectivity index (χ3n) is 2.10. The van der Waals surface area contributed by atoms with Crippen LogP contribution in [0.15, 0.2) is 28.7 Å². The Kier molecular flexibility index (Phi) is 3.91. The number of hydrogen-bond acceptors (Lipinski definition) is 4. The number of pyridine rings is 1. The molecule has 0 radical (unpaired) electrons. The summed E-state index contributed by atoms with van der Waals surface area (Å²) in [7, 11) is 0. The summed E-state index contributed by atoms with van der Waals surface area (Å²) in [6.07, 6.45) is -3.48. The average Bonchev–Trinajstić information content (AvgIpc) is 2.72. The van der Waals surface area contributed by atoms with Gasteiger partial charge in [-0.1, -0.05) is 0 Å². The highest BCUT2D eigenvalue weighted by molar-refractivity contribution is 7.98. The SMILES string of the molecule is Cc1nc(CSc2ccc(C(F)(F)F)cn2)cs1. The summed E-state index contributed by atoms with van der Waals surface area (Å²) < 4.78 is 37.0. The quantitative estimate of drug-likeness (QED) is 0.794. The van der Waals surface area contributed by atoms with Crippen molar-refractivity contribution in [1.29, 1.82) is 0 Å². The van der Waals surface area contributed by atoms with Crippen LogP contribution in [0.1, 0.15) is 16.3 Å². The largest absolute Gasteiger partial charge is 0.417 e. The first-order chi connectivity index (χ1) is 8.45. The molecule has 2 aromatic rings. The number of halogens is 3. The molecule has 0 aliphatic heterocycles. The van der Waals surface area contributed by atoms with Crippen LogP contribution in [0.2, 0.25) is 0 Å². The topological polar surface area (TPSA) is 25.8 Å². The molecule has 0 atom stereocenters. The van der Waals surface area contributed by atoms with E-state index in [1.54, 1.807) is 11.3 Å². The first kappa shape index (κ1) is 13.4. The Labute approximate surface area is 110 Å². The maximum Gasteiger partial charge on any atom is 0.417 e. The molecule has 2 rings (SSSR count). The van der Waals surface area contributed by atoms with Crippen molar-refractivity contribution in [3.05, 3.63) is 40.0 Å². The summed E-state index contributed by atoms with van der Waals surface area (Å²) in [5, 5.41) is 3.48. The van der Waals surface area contributed by atoms with Crippen molar-refractivity contribution in [2.24, 2.45) is 0 Å². The second kappa shape index (κ2) is 5.27. The van der Waals surface area contributed by atoms with Crippen molar-refractivity contribution in [2.45, 2.75) is 23.9 Å². The third-order valence-corrected chi connectivity index (χ3v) is 3.90. The van der Waals surface area contributed by atoms with Crippen molar-refractivity contribution in [2.75, 3.05) is 0 Å². The van der Waals surface area contributed by atoms with E-state index in [1.165, 1.54) is 17.8 Å². The fourth-order valence-electron chi connectivity index (χ4n) is 1.26. The number of hydrogen-bond donors (Lipinski definition) is 0. The second-order valence-corrected chi connectivity index (χ2v) is 5.59. The predicted molar refractivity (Wildman–Crippen MR) is 65.7 cm³/mol. The van der Waals surface area contributed by atoms with E-state index in [0.717, 1.165) is 23.0 Å². The van der Waals surface area contributed by atoms with E-state index in [1.807, 2.05) is 12.3 Å². The molecule has 2 heterocycles. The molecule has 2 aromatic heterocycles. The van der Waals surface area contributed by atoms with Gasteiger partial charge >= 0.3 is 6.18 Å². The van der Waals surface area contributed by atoms with Gasteiger partial charge in [0.15, 0.2) is 0 Å². The molecule has 0 aromatic carbocycles. The van der Waals surface area contributed by atoms with Gasteiger partial charge in [-0.3, -0.25) is 0 Å². The summed E-state index contributed by atoms with van der Waals surface area (Å²) >= 11 is 2.92. The van der Waals surface area contributed by atoms with Gasteiger partial charge in [0, 0.05) is 17.3 Å². The smallest absolute Gasteiger partial charge is 0.249 e. The van der Waals surface area contributed by atoms with Crippen molar-refractivity contribution >= 4 is 23.1 Å². The lowest BCUT2D eigenvalue weighted by Gasteiger charge is -2.06. The van der Waals surface area contributed by atoms with Crippen molar-refractivity contribution in [3.8, 4) is 0 Å². The van der Waals surface area contributed by atoms with E-state index in [2.05, 4.69) is 9.97 Å². The highest BCUT2D eigenvalue weighted by Crippen LogP contribution is 2.30. The van der Waals surface area contributed by atoms with Crippen LogP contribution in [0.3, 0.4) is 0 Å². The lowest BCUT2D eigenvalue weighted by Crippen LogP contribution is -2.05. The second-order valence-electron chi connectivity index (χ2n) is 3.53. The zero-order chi connectivity index (χ0) is 13.2.